The van der Waals surface area contributed by atoms with Gasteiger partial charge >= 0.3 is 0 Å². The first-order valence-electron chi connectivity index (χ1n) is 6.81. The molecular weight excluding hydrogens is 258 g/mol. The zero-order valence-electron chi connectivity index (χ0n) is 14.0. The van der Waals surface area contributed by atoms with Crippen LogP contribution in [0.25, 0.3) is 0 Å². The van der Waals surface area contributed by atoms with Crippen LogP contribution in [0.5, 0.6) is 0 Å². The van der Waals surface area contributed by atoms with E-state index in [1.165, 1.54) is 0 Å². The zero-order valence-corrected chi connectivity index (χ0v) is 14.7. The molecular formula is C16H30ClNO. The summed E-state index contributed by atoms with van der Waals surface area (Å²) in [7, 11) is 0. The quantitative estimate of drug-likeness (QED) is 0.611. The molecule has 0 saturated heterocycles. The van der Waals surface area contributed by atoms with E-state index in [4.69, 9.17) is 11.6 Å². The predicted molar refractivity (Wildman–Crippen MR) is 86.8 cm³/mol. The van der Waals surface area contributed by atoms with Crippen molar-refractivity contribution in [2.24, 2.45) is 5.41 Å². The summed E-state index contributed by atoms with van der Waals surface area (Å²) in [5.41, 5.74) is 0.956. The Morgan fingerprint density at radius 3 is 1.63 bits per heavy atom. The second-order valence-electron chi connectivity index (χ2n) is 4.49. The lowest BCUT2D eigenvalue weighted by molar-refractivity contribution is -0.124. The van der Waals surface area contributed by atoms with E-state index in [0.717, 1.165) is 5.56 Å². The van der Waals surface area contributed by atoms with Crippen LogP contribution in [0.4, 0.5) is 0 Å². The van der Waals surface area contributed by atoms with Crippen molar-refractivity contribution in [3.8, 4) is 0 Å². The number of ketones is 1. The van der Waals surface area contributed by atoms with Crippen LogP contribution in [-0.4, -0.2) is 10.8 Å². The number of aryl methyl sites for hydroxylation is 1. The number of rotatable bonds is 0. The fourth-order valence-electron chi connectivity index (χ4n) is 0.518. The summed E-state index contributed by atoms with van der Waals surface area (Å²) >= 11 is 5.58. The van der Waals surface area contributed by atoms with Gasteiger partial charge in [0.25, 0.3) is 0 Å². The first kappa shape index (κ1) is 23.2. The lowest BCUT2D eigenvalue weighted by Crippen LogP contribution is -2.15. The van der Waals surface area contributed by atoms with Crippen molar-refractivity contribution in [1.82, 2.24) is 4.98 Å². The monoisotopic (exact) mass is 287 g/mol. The van der Waals surface area contributed by atoms with Gasteiger partial charge in [-0.3, -0.25) is 9.78 Å². The summed E-state index contributed by atoms with van der Waals surface area (Å²) in [6.45, 7) is 17.3. The molecule has 1 rings (SSSR count). The molecule has 19 heavy (non-hydrogen) atoms. The Bertz CT molecular complexity index is 313. The minimum Gasteiger partial charge on any atom is -0.299 e. The van der Waals surface area contributed by atoms with E-state index < -0.39 is 0 Å². The SMILES string of the molecule is CC.CC.CC(=O)C(C)(C)C.Cc1cncc(Cl)c1. The van der Waals surface area contributed by atoms with Crippen LogP contribution in [0.3, 0.4) is 0 Å². The Labute approximate surface area is 124 Å². The average Bonchev–Trinajstić information content (AvgIpc) is 2.33. The van der Waals surface area contributed by atoms with Crippen molar-refractivity contribution in [2.75, 3.05) is 0 Å². The van der Waals surface area contributed by atoms with E-state index in [1.54, 1.807) is 19.3 Å². The lowest BCUT2D eigenvalue weighted by Gasteiger charge is -2.11. The molecule has 0 aliphatic carbocycles. The van der Waals surface area contributed by atoms with E-state index in [2.05, 4.69) is 4.98 Å². The number of aromatic nitrogens is 1. The number of carbonyl (C=O) groups is 1. The summed E-state index contributed by atoms with van der Waals surface area (Å²) in [6.07, 6.45) is 3.39. The highest BCUT2D eigenvalue weighted by atomic mass is 35.5. The zero-order chi connectivity index (χ0) is 16.1. The van der Waals surface area contributed by atoms with Crippen LogP contribution in [0, 0.1) is 12.3 Å². The molecule has 0 N–H and O–H groups in total. The van der Waals surface area contributed by atoms with Gasteiger partial charge in [-0.1, -0.05) is 60.1 Å². The van der Waals surface area contributed by atoms with E-state index in [9.17, 15) is 4.79 Å². The van der Waals surface area contributed by atoms with Crippen molar-refractivity contribution in [2.45, 2.75) is 62.3 Å². The maximum Gasteiger partial charge on any atom is 0.135 e. The molecule has 2 nitrogen and oxygen atoms in total. The molecule has 3 heteroatoms. The van der Waals surface area contributed by atoms with E-state index >= 15 is 0 Å². The van der Waals surface area contributed by atoms with Crippen molar-refractivity contribution in [1.29, 1.82) is 0 Å². The second kappa shape index (κ2) is 13.5. The Morgan fingerprint density at radius 1 is 1.11 bits per heavy atom. The van der Waals surface area contributed by atoms with E-state index in [-0.39, 0.29) is 11.2 Å². The predicted octanol–water partition coefficient (Wildman–Crippen LogP) is 5.72. The van der Waals surface area contributed by atoms with Crippen molar-refractivity contribution in [3.05, 3.63) is 29.0 Å². The summed E-state index contributed by atoms with van der Waals surface area (Å²) in [4.78, 5) is 14.3. The number of pyridine rings is 1. The minimum atomic E-state index is -0.139. The molecule has 0 saturated carbocycles. The Kier molecular flexibility index (Phi) is 16.5. The van der Waals surface area contributed by atoms with Gasteiger partial charge in [0.05, 0.1) is 5.02 Å². The summed E-state index contributed by atoms with van der Waals surface area (Å²) in [6, 6.07) is 1.87. The maximum atomic E-state index is 10.5. The highest BCUT2D eigenvalue weighted by molar-refractivity contribution is 6.30. The number of Topliss-reactive ketones (excluding diaryl/α,β-unsaturated/α-hetero) is 1. The maximum absolute atomic E-state index is 10.5. The fraction of sp³-hybridized carbons (Fsp3) is 0.625. The number of halogens is 1. The molecule has 0 radical (unpaired) electrons. The molecule has 0 spiro atoms. The van der Waals surface area contributed by atoms with Crippen LogP contribution >= 0.6 is 11.6 Å². The minimum absolute atomic E-state index is 0.139. The van der Waals surface area contributed by atoms with Gasteiger partial charge in [0, 0.05) is 17.8 Å². The average molecular weight is 288 g/mol. The van der Waals surface area contributed by atoms with Gasteiger partial charge in [0.2, 0.25) is 0 Å². The summed E-state index contributed by atoms with van der Waals surface area (Å²) in [5, 5.41) is 0.699. The standard InChI is InChI=1S/C6H6ClN.C6H12O.2C2H6/c1-5-2-6(7)4-8-3-5;1-5(7)6(2,3)4;2*1-2/h2-4H,1H3;1-4H3;2*1-2H3. The van der Waals surface area contributed by atoms with Gasteiger partial charge in [-0.2, -0.15) is 0 Å². The van der Waals surface area contributed by atoms with E-state index in [0.29, 0.717) is 5.02 Å². The molecule has 0 aliphatic heterocycles. The third-order valence-corrected chi connectivity index (χ3v) is 2.10. The van der Waals surface area contributed by atoms with Crippen LogP contribution in [-0.2, 0) is 4.79 Å². The van der Waals surface area contributed by atoms with Gasteiger partial charge < -0.3 is 0 Å². The molecule has 0 atom stereocenters. The third kappa shape index (κ3) is 17.1. The molecule has 0 unspecified atom stereocenters. The largest absolute Gasteiger partial charge is 0.299 e. The van der Waals surface area contributed by atoms with Gasteiger partial charge in [-0.25, -0.2) is 0 Å². The van der Waals surface area contributed by atoms with Gasteiger partial charge in [0.15, 0.2) is 0 Å². The molecule has 1 aromatic heterocycles. The first-order valence-corrected chi connectivity index (χ1v) is 7.19. The smallest absolute Gasteiger partial charge is 0.135 e. The number of hydrogen-bond donors (Lipinski definition) is 0. The molecule has 0 bridgehead atoms. The van der Waals surface area contributed by atoms with Crippen LogP contribution < -0.4 is 0 Å². The van der Waals surface area contributed by atoms with Crippen molar-refractivity contribution >= 4 is 17.4 Å². The third-order valence-electron chi connectivity index (χ3n) is 1.90. The fourth-order valence-corrected chi connectivity index (χ4v) is 0.747. The summed E-state index contributed by atoms with van der Waals surface area (Å²) in [5.74, 6) is 0.243. The Balaban J connectivity index is -0.000000215. The number of carbonyl (C=O) groups excluding carboxylic acids is 1. The number of hydrogen-bond acceptors (Lipinski definition) is 2. The normalized spacial score (nSPS) is 8.74. The molecule has 0 aromatic carbocycles. The van der Waals surface area contributed by atoms with Crippen LogP contribution in [0.1, 0.15) is 61.0 Å². The van der Waals surface area contributed by atoms with Gasteiger partial charge in [-0.15, -0.1) is 0 Å². The second-order valence-corrected chi connectivity index (χ2v) is 4.92. The Morgan fingerprint density at radius 2 is 1.47 bits per heavy atom. The van der Waals surface area contributed by atoms with Crippen LogP contribution in [0.15, 0.2) is 18.5 Å². The topological polar surface area (TPSA) is 30.0 Å². The first-order chi connectivity index (χ1) is 8.73. The van der Waals surface area contributed by atoms with Gasteiger partial charge in [0.1, 0.15) is 5.78 Å². The van der Waals surface area contributed by atoms with Crippen LogP contribution in [0.2, 0.25) is 5.02 Å². The molecule has 112 valence electrons. The van der Waals surface area contributed by atoms with Gasteiger partial charge in [-0.05, 0) is 25.5 Å². The highest BCUT2D eigenvalue weighted by Gasteiger charge is 2.14. The molecule has 0 amide bonds. The summed E-state index contributed by atoms with van der Waals surface area (Å²) < 4.78 is 0. The number of nitrogens with zero attached hydrogens (tertiary/aromatic N) is 1. The van der Waals surface area contributed by atoms with E-state index in [1.807, 2.05) is 61.5 Å². The van der Waals surface area contributed by atoms with Crippen molar-refractivity contribution < 1.29 is 4.79 Å². The molecule has 0 aliphatic rings. The molecule has 1 heterocycles. The highest BCUT2D eigenvalue weighted by Crippen LogP contribution is 2.12. The molecule has 1 aromatic rings. The lowest BCUT2D eigenvalue weighted by atomic mass is 9.92. The molecule has 0 fully saturated rings. The Hall–Kier alpha value is -0.890. The van der Waals surface area contributed by atoms with Crippen molar-refractivity contribution in [3.63, 3.8) is 0 Å².